The molecule has 0 heterocycles. The molecule has 0 saturated heterocycles. The van der Waals surface area contributed by atoms with Gasteiger partial charge in [0.05, 0.1) is 6.61 Å². The Labute approximate surface area is 82.9 Å². The zero-order valence-corrected chi connectivity index (χ0v) is 9.60. The van der Waals surface area contributed by atoms with E-state index in [0.717, 1.165) is 25.0 Å². The lowest BCUT2D eigenvalue weighted by Crippen LogP contribution is -2.31. The Morgan fingerprint density at radius 1 is 1.31 bits per heavy atom. The Balaban J connectivity index is 2.46. The van der Waals surface area contributed by atoms with Gasteiger partial charge in [-0.25, -0.2) is 0 Å². The summed E-state index contributed by atoms with van der Waals surface area (Å²) >= 11 is 0. The van der Waals surface area contributed by atoms with Crippen LogP contribution < -0.4 is 0 Å². The summed E-state index contributed by atoms with van der Waals surface area (Å²) in [6.45, 7) is 11.0. The number of hydrogen-bond acceptors (Lipinski definition) is 1. The van der Waals surface area contributed by atoms with Gasteiger partial charge in [-0.3, -0.25) is 0 Å². The summed E-state index contributed by atoms with van der Waals surface area (Å²) in [5.74, 6) is 1.77. The monoisotopic (exact) mass is 184 g/mol. The molecule has 13 heavy (non-hydrogen) atoms. The van der Waals surface area contributed by atoms with E-state index in [1.807, 2.05) is 0 Å². The van der Waals surface area contributed by atoms with Gasteiger partial charge in [0, 0.05) is 6.61 Å². The lowest BCUT2D eigenvalue weighted by molar-refractivity contribution is 0.0244. The summed E-state index contributed by atoms with van der Waals surface area (Å²) in [6, 6.07) is 0. The molecular weight excluding hydrogens is 160 g/mol. The molecule has 0 spiro atoms. The molecule has 1 rings (SSSR count). The minimum Gasteiger partial charge on any atom is -0.381 e. The smallest absolute Gasteiger partial charge is 0.0519 e. The Morgan fingerprint density at radius 2 is 2.00 bits per heavy atom. The van der Waals surface area contributed by atoms with Gasteiger partial charge < -0.3 is 4.74 Å². The standard InChI is InChI=1S/C12H24O/c1-5-13-9-12(3,4)11-8-6-7-10(11)2/h10-11H,5-9H2,1-4H3. The van der Waals surface area contributed by atoms with Crippen LogP contribution in [0.3, 0.4) is 0 Å². The van der Waals surface area contributed by atoms with Crippen LogP contribution in [0.2, 0.25) is 0 Å². The minimum atomic E-state index is 0.381. The molecule has 1 aliphatic rings. The molecule has 0 aromatic rings. The van der Waals surface area contributed by atoms with E-state index >= 15 is 0 Å². The van der Waals surface area contributed by atoms with Gasteiger partial charge in [0.2, 0.25) is 0 Å². The van der Waals surface area contributed by atoms with Gasteiger partial charge >= 0.3 is 0 Å². The Morgan fingerprint density at radius 3 is 2.46 bits per heavy atom. The molecule has 1 aliphatic carbocycles. The summed E-state index contributed by atoms with van der Waals surface area (Å²) in [5, 5.41) is 0. The highest BCUT2D eigenvalue weighted by Crippen LogP contribution is 2.43. The molecule has 0 amide bonds. The van der Waals surface area contributed by atoms with Crippen LogP contribution in [-0.2, 0) is 4.74 Å². The molecule has 1 nitrogen and oxygen atoms in total. The van der Waals surface area contributed by atoms with Crippen LogP contribution in [0.1, 0.15) is 47.0 Å². The van der Waals surface area contributed by atoms with Crippen LogP contribution in [0.15, 0.2) is 0 Å². The maximum Gasteiger partial charge on any atom is 0.0519 e. The third-order valence-electron chi connectivity index (χ3n) is 3.54. The molecule has 1 fully saturated rings. The largest absolute Gasteiger partial charge is 0.381 e. The highest BCUT2D eigenvalue weighted by Gasteiger charge is 2.36. The van der Waals surface area contributed by atoms with E-state index in [-0.39, 0.29) is 0 Å². The summed E-state index contributed by atoms with van der Waals surface area (Å²) in [7, 11) is 0. The topological polar surface area (TPSA) is 9.23 Å². The maximum atomic E-state index is 5.56. The fourth-order valence-electron chi connectivity index (χ4n) is 2.78. The molecule has 0 N–H and O–H groups in total. The second-order valence-electron chi connectivity index (χ2n) is 5.14. The Kier molecular flexibility index (Phi) is 3.78. The molecule has 0 aliphatic heterocycles. The summed E-state index contributed by atoms with van der Waals surface area (Å²) in [6.07, 6.45) is 4.24. The molecule has 0 radical (unpaired) electrons. The average molecular weight is 184 g/mol. The van der Waals surface area contributed by atoms with Crippen LogP contribution in [0.4, 0.5) is 0 Å². The first-order chi connectivity index (χ1) is 6.08. The van der Waals surface area contributed by atoms with Crippen molar-refractivity contribution < 1.29 is 4.74 Å². The lowest BCUT2D eigenvalue weighted by atomic mass is 9.74. The fourth-order valence-corrected chi connectivity index (χ4v) is 2.78. The van der Waals surface area contributed by atoms with Gasteiger partial charge in [-0.05, 0) is 30.6 Å². The Bertz CT molecular complexity index is 151. The van der Waals surface area contributed by atoms with E-state index in [2.05, 4.69) is 27.7 Å². The second-order valence-corrected chi connectivity index (χ2v) is 5.14. The van der Waals surface area contributed by atoms with Crippen molar-refractivity contribution >= 4 is 0 Å². The SMILES string of the molecule is CCOCC(C)(C)C1CCCC1C. The molecule has 1 saturated carbocycles. The first-order valence-corrected chi connectivity index (χ1v) is 5.65. The first kappa shape index (κ1) is 11.0. The predicted molar refractivity (Wildman–Crippen MR) is 56.8 cm³/mol. The van der Waals surface area contributed by atoms with Crippen LogP contribution in [0.25, 0.3) is 0 Å². The van der Waals surface area contributed by atoms with E-state index in [1.54, 1.807) is 0 Å². The van der Waals surface area contributed by atoms with E-state index in [0.29, 0.717) is 5.41 Å². The van der Waals surface area contributed by atoms with Gasteiger partial charge in [-0.15, -0.1) is 0 Å². The first-order valence-electron chi connectivity index (χ1n) is 5.65. The molecule has 2 unspecified atom stereocenters. The van der Waals surface area contributed by atoms with Crippen molar-refractivity contribution in [2.75, 3.05) is 13.2 Å². The van der Waals surface area contributed by atoms with Crippen molar-refractivity contribution in [2.24, 2.45) is 17.3 Å². The van der Waals surface area contributed by atoms with E-state index in [9.17, 15) is 0 Å². The van der Waals surface area contributed by atoms with E-state index in [4.69, 9.17) is 4.74 Å². The Hall–Kier alpha value is -0.0400. The highest BCUT2D eigenvalue weighted by atomic mass is 16.5. The van der Waals surface area contributed by atoms with Crippen molar-refractivity contribution in [3.05, 3.63) is 0 Å². The molecule has 78 valence electrons. The maximum absolute atomic E-state index is 5.56. The second kappa shape index (κ2) is 4.45. The average Bonchev–Trinajstić information content (AvgIpc) is 2.48. The summed E-state index contributed by atoms with van der Waals surface area (Å²) in [4.78, 5) is 0. The van der Waals surface area contributed by atoms with Gasteiger partial charge in [-0.1, -0.05) is 33.6 Å². The number of rotatable bonds is 4. The van der Waals surface area contributed by atoms with Crippen molar-refractivity contribution in [1.29, 1.82) is 0 Å². The van der Waals surface area contributed by atoms with Crippen molar-refractivity contribution in [2.45, 2.75) is 47.0 Å². The third-order valence-corrected chi connectivity index (χ3v) is 3.54. The number of hydrogen-bond donors (Lipinski definition) is 0. The quantitative estimate of drug-likeness (QED) is 0.650. The van der Waals surface area contributed by atoms with Crippen molar-refractivity contribution in [3.8, 4) is 0 Å². The molecule has 0 bridgehead atoms. The number of ether oxygens (including phenoxy) is 1. The summed E-state index contributed by atoms with van der Waals surface area (Å²) < 4.78 is 5.56. The molecule has 0 aromatic heterocycles. The zero-order chi connectivity index (χ0) is 9.90. The van der Waals surface area contributed by atoms with Gasteiger partial charge in [0.15, 0.2) is 0 Å². The third kappa shape index (κ3) is 2.70. The van der Waals surface area contributed by atoms with Crippen LogP contribution >= 0.6 is 0 Å². The van der Waals surface area contributed by atoms with Crippen LogP contribution in [-0.4, -0.2) is 13.2 Å². The van der Waals surface area contributed by atoms with Gasteiger partial charge in [-0.2, -0.15) is 0 Å². The fraction of sp³-hybridized carbons (Fsp3) is 1.00. The van der Waals surface area contributed by atoms with Crippen LogP contribution in [0.5, 0.6) is 0 Å². The van der Waals surface area contributed by atoms with Crippen LogP contribution in [0, 0.1) is 17.3 Å². The van der Waals surface area contributed by atoms with E-state index in [1.165, 1.54) is 19.3 Å². The molecular formula is C12H24O. The van der Waals surface area contributed by atoms with E-state index < -0.39 is 0 Å². The van der Waals surface area contributed by atoms with Crippen molar-refractivity contribution in [1.82, 2.24) is 0 Å². The minimum absolute atomic E-state index is 0.381. The molecule has 0 aromatic carbocycles. The van der Waals surface area contributed by atoms with Crippen molar-refractivity contribution in [3.63, 3.8) is 0 Å². The van der Waals surface area contributed by atoms with Gasteiger partial charge in [0.1, 0.15) is 0 Å². The predicted octanol–water partition coefficient (Wildman–Crippen LogP) is 3.49. The zero-order valence-electron chi connectivity index (χ0n) is 9.60. The normalized spacial score (nSPS) is 29.5. The summed E-state index contributed by atoms with van der Waals surface area (Å²) in [5.41, 5.74) is 0.381. The van der Waals surface area contributed by atoms with Gasteiger partial charge in [0.25, 0.3) is 0 Å². The lowest BCUT2D eigenvalue weighted by Gasteiger charge is -2.34. The highest BCUT2D eigenvalue weighted by molar-refractivity contribution is 4.86. The molecule has 2 atom stereocenters. The molecule has 1 heteroatoms.